The second kappa shape index (κ2) is 4.83. The minimum Gasteiger partial charge on any atom is -0.398 e. The van der Waals surface area contributed by atoms with Crippen LogP contribution >= 0.6 is 0 Å². The third-order valence-corrected chi connectivity index (χ3v) is 2.34. The van der Waals surface area contributed by atoms with Gasteiger partial charge in [-0.25, -0.2) is 8.78 Å². The van der Waals surface area contributed by atoms with Crippen LogP contribution < -0.4 is 11.1 Å². The van der Waals surface area contributed by atoms with Crippen molar-refractivity contribution >= 4 is 17.3 Å². The molecule has 0 radical (unpaired) electrons. The van der Waals surface area contributed by atoms with Crippen molar-refractivity contribution in [1.29, 1.82) is 0 Å². The molecule has 0 atom stereocenters. The maximum Gasteiger partial charge on any atom is 0.257 e. The van der Waals surface area contributed by atoms with E-state index in [1.807, 2.05) is 0 Å². The van der Waals surface area contributed by atoms with Crippen molar-refractivity contribution in [3.8, 4) is 0 Å². The summed E-state index contributed by atoms with van der Waals surface area (Å²) < 4.78 is 25.9. The lowest BCUT2D eigenvalue weighted by Crippen LogP contribution is -2.14. The molecule has 92 valence electrons. The fourth-order valence-electron chi connectivity index (χ4n) is 1.49. The smallest absolute Gasteiger partial charge is 0.257 e. The Hall–Kier alpha value is -2.43. The van der Waals surface area contributed by atoms with Crippen LogP contribution in [-0.4, -0.2) is 5.91 Å². The van der Waals surface area contributed by atoms with Crippen LogP contribution in [0.25, 0.3) is 0 Å². The van der Waals surface area contributed by atoms with Crippen molar-refractivity contribution < 1.29 is 13.6 Å². The normalized spacial score (nSPS) is 10.1. The second-order valence-electron chi connectivity index (χ2n) is 3.70. The predicted octanol–water partition coefficient (Wildman–Crippen LogP) is 2.80. The predicted molar refractivity (Wildman–Crippen MR) is 65.2 cm³/mol. The molecule has 3 nitrogen and oxygen atoms in total. The molecule has 2 rings (SSSR count). The SMILES string of the molecule is Nc1ccc(F)cc1C(=O)Nc1cccc(F)c1. The average molecular weight is 248 g/mol. The highest BCUT2D eigenvalue weighted by atomic mass is 19.1. The van der Waals surface area contributed by atoms with Gasteiger partial charge in [0.2, 0.25) is 0 Å². The number of hydrogen-bond acceptors (Lipinski definition) is 2. The Bertz CT molecular complexity index is 599. The number of benzene rings is 2. The van der Waals surface area contributed by atoms with E-state index in [1.165, 1.54) is 24.3 Å². The van der Waals surface area contributed by atoms with Crippen molar-refractivity contribution in [3.63, 3.8) is 0 Å². The van der Waals surface area contributed by atoms with E-state index >= 15 is 0 Å². The number of carbonyl (C=O) groups excluding carboxylic acids is 1. The van der Waals surface area contributed by atoms with Gasteiger partial charge in [-0.3, -0.25) is 4.79 Å². The molecule has 0 heterocycles. The fraction of sp³-hybridized carbons (Fsp3) is 0. The van der Waals surface area contributed by atoms with Gasteiger partial charge in [0.1, 0.15) is 11.6 Å². The van der Waals surface area contributed by atoms with Gasteiger partial charge in [-0.15, -0.1) is 0 Å². The molecule has 0 aliphatic rings. The van der Waals surface area contributed by atoms with E-state index in [9.17, 15) is 13.6 Å². The van der Waals surface area contributed by atoms with Gasteiger partial charge < -0.3 is 11.1 Å². The van der Waals surface area contributed by atoms with Crippen LogP contribution in [0.4, 0.5) is 20.2 Å². The largest absolute Gasteiger partial charge is 0.398 e. The molecule has 0 fully saturated rings. The summed E-state index contributed by atoms with van der Waals surface area (Å²) in [4.78, 5) is 11.8. The molecule has 0 aromatic heterocycles. The highest BCUT2D eigenvalue weighted by molar-refractivity contribution is 6.07. The lowest BCUT2D eigenvalue weighted by molar-refractivity contribution is 0.102. The van der Waals surface area contributed by atoms with Crippen LogP contribution in [0.1, 0.15) is 10.4 Å². The number of nitrogen functional groups attached to an aromatic ring is 1. The monoisotopic (exact) mass is 248 g/mol. The zero-order valence-electron chi connectivity index (χ0n) is 9.28. The van der Waals surface area contributed by atoms with Crippen LogP contribution in [0, 0.1) is 11.6 Å². The van der Waals surface area contributed by atoms with E-state index in [0.29, 0.717) is 0 Å². The standard InChI is InChI=1S/C13H10F2N2O/c14-8-2-1-3-10(6-8)17-13(18)11-7-9(15)4-5-12(11)16/h1-7H,16H2,(H,17,18). The summed E-state index contributed by atoms with van der Waals surface area (Å²) in [7, 11) is 0. The van der Waals surface area contributed by atoms with Crippen LogP contribution in [-0.2, 0) is 0 Å². The first-order chi connectivity index (χ1) is 8.56. The van der Waals surface area contributed by atoms with E-state index in [0.717, 1.165) is 18.2 Å². The summed E-state index contributed by atoms with van der Waals surface area (Å²) in [6.45, 7) is 0. The van der Waals surface area contributed by atoms with Crippen molar-refractivity contribution in [2.45, 2.75) is 0 Å². The number of nitrogens with two attached hydrogens (primary N) is 1. The van der Waals surface area contributed by atoms with E-state index in [-0.39, 0.29) is 16.9 Å². The highest BCUT2D eigenvalue weighted by Gasteiger charge is 2.11. The number of carbonyl (C=O) groups is 1. The van der Waals surface area contributed by atoms with E-state index in [1.54, 1.807) is 0 Å². The number of halogens is 2. The average Bonchev–Trinajstić information content (AvgIpc) is 2.32. The summed E-state index contributed by atoms with van der Waals surface area (Å²) in [6.07, 6.45) is 0. The summed E-state index contributed by atoms with van der Waals surface area (Å²) in [5.74, 6) is -1.62. The van der Waals surface area contributed by atoms with Gasteiger partial charge in [0.25, 0.3) is 5.91 Å². The first-order valence-corrected chi connectivity index (χ1v) is 5.18. The first-order valence-electron chi connectivity index (χ1n) is 5.18. The third-order valence-electron chi connectivity index (χ3n) is 2.34. The molecule has 0 saturated carbocycles. The number of nitrogens with one attached hydrogen (secondary N) is 1. The van der Waals surface area contributed by atoms with E-state index < -0.39 is 17.5 Å². The third kappa shape index (κ3) is 2.63. The van der Waals surface area contributed by atoms with Gasteiger partial charge in [0, 0.05) is 11.4 Å². The quantitative estimate of drug-likeness (QED) is 0.803. The van der Waals surface area contributed by atoms with Gasteiger partial charge in [0.15, 0.2) is 0 Å². The summed E-state index contributed by atoms with van der Waals surface area (Å²) in [5.41, 5.74) is 6.02. The molecule has 0 saturated heterocycles. The molecule has 0 spiro atoms. The minimum absolute atomic E-state index is 0.0132. The van der Waals surface area contributed by atoms with Crippen molar-refractivity contribution in [2.24, 2.45) is 0 Å². The molecule has 2 aromatic carbocycles. The molecular weight excluding hydrogens is 238 g/mol. The van der Waals surface area contributed by atoms with Crippen LogP contribution in [0.2, 0.25) is 0 Å². The van der Waals surface area contributed by atoms with Gasteiger partial charge in [0.05, 0.1) is 5.56 Å². The molecule has 0 unspecified atom stereocenters. The Morgan fingerprint density at radius 1 is 1.06 bits per heavy atom. The number of hydrogen-bond donors (Lipinski definition) is 2. The molecule has 0 aliphatic carbocycles. The molecule has 18 heavy (non-hydrogen) atoms. The Balaban J connectivity index is 2.24. The summed E-state index contributed by atoms with van der Waals surface area (Å²) in [5, 5.41) is 2.44. The molecule has 5 heteroatoms. The van der Waals surface area contributed by atoms with Gasteiger partial charge >= 0.3 is 0 Å². The Labute approximate surface area is 102 Å². The Morgan fingerprint density at radius 2 is 1.78 bits per heavy atom. The summed E-state index contributed by atoms with van der Waals surface area (Å²) >= 11 is 0. The summed E-state index contributed by atoms with van der Waals surface area (Å²) in [6, 6.07) is 8.89. The first kappa shape index (κ1) is 12.0. The fourth-order valence-corrected chi connectivity index (χ4v) is 1.49. The number of anilines is 2. The zero-order valence-corrected chi connectivity index (χ0v) is 9.28. The van der Waals surface area contributed by atoms with Crippen molar-refractivity contribution in [2.75, 3.05) is 11.1 Å². The maximum atomic E-state index is 13.0. The van der Waals surface area contributed by atoms with Crippen LogP contribution in [0.15, 0.2) is 42.5 Å². The Kier molecular flexibility index (Phi) is 3.23. The Morgan fingerprint density at radius 3 is 2.50 bits per heavy atom. The number of amides is 1. The topological polar surface area (TPSA) is 55.1 Å². The van der Waals surface area contributed by atoms with Gasteiger partial charge in [-0.05, 0) is 36.4 Å². The molecule has 3 N–H and O–H groups in total. The lowest BCUT2D eigenvalue weighted by atomic mass is 10.1. The molecule has 0 bridgehead atoms. The molecular formula is C13H10F2N2O. The molecule has 1 amide bonds. The second-order valence-corrected chi connectivity index (χ2v) is 3.70. The number of rotatable bonds is 2. The molecule has 2 aromatic rings. The van der Waals surface area contributed by atoms with E-state index in [2.05, 4.69) is 5.32 Å². The lowest BCUT2D eigenvalue weighted by Gasteiger charge is -2.07. The maximum absolute atomic E-state index is 13.0. The molecule has 0 aliphatic heterocycles. The van der Waals surface area contributed by atoms with Gasteiger partial charge in [-0.1, -0.05) is 6.07 Å². The van der Waals surface area contributed by atoms with Crippen molar-refractivity contribution in [3.05, 3.63) is 59.7 Å². The van der Waals surface area contributed by atoms with E-state index in [4.69, 9.17) is 5.73 Å². The minimum atomic E-state index is -0.586. The van der Waals surface area contributed by atoms with Gasteiger partial charge in [-0.2, -0.15) is 0 Å². The van der Waals surface area contributed by atoms with Crippen LogP contribution in [0.5, 0.6) is 0 Å². The van der Waals surface area contributed by atoms with Crippen molar-refractivity contribution in [1.82, 2.24) is 0 Å². The highest BCUT2D eigenvalue weighted by Crippen LogP contribution is 2.16. The zero-order chi connectivity index (χ0) is 13.1. The van der Waals surface area contributed by atoms with Crippen LogP contribution in [0.3, 0.4) is 0 Å².